The molecule has 0 aliphatic carbocycles. The Morgan fingerprint density at radius 2 is 1.76 bits per heavy atom. The summed E-state index contributed by atoms with van der Waals surface area (Å²) in [6, 6.07) is 15.6. The highest BCUT2D eigenvalue weighted by Gasteiger charge is 2.14. The van der Waals surface area contributed by atoms with E-state index < -0.39 is 11.8 Å². The van der Waals surface area contributed by atoms with Crippen molar-refractivity contribution in [2.75, 3.05) is 5.32 Å². The van der Waals surface area contributed by atoms with Gasteiger partial charge in [-0.15, -0.1) is 0 Å². The highest BCUT2D eigenvalue weighted by atomic mass is 35.5. The lowest BCUT2D eigenvalue weighted by Gasteiger charge is -2.05. The van der Waals surface area contributed by atoms with Gasteiger partial charge in [-0.1, -0.05) is 40.9 Å². The Morgan fingerprint density at radius 3 is 2.48 bits per heavy atom. The summed E-state index contributed by atoms with van der Waals surface area (Å²) in [5, 5.41) is 5.91. The van der Waals surface area contributed by atoms with Crippen molar-refractivity contribution in [2.24, 2.45) is 4.99 Å². The number of anilines is 1. The summed E-state index contributed by atoms with van der Waals surface area (Å²) in [5.41, 5.74) is 2.23. The minimum absolute atomic E-state index is 0.0702. The molecule has 1 heterocycles. The van der Waals surface area contributed by atoms with E-state index in [9.17, 15) is 9.59 Å². The molecule has 0 saturated heterocycles. The summed E-state index contributed by atoms with van der Waals surface area (Å²) in [6.45, 7) is 2.01. The van der Waals surface area contributed by atoms with E-state index in [1.54, 1.807) is 42.5 Å². The number of furan rings is 1. The standard InChI is InChI=1S/C21H17Cl2N3O3/c1-13-2-4-14(5-3-13)26-21(28)20(27)25-12-17-8-7-16(29-17)11-24-15-6-9-18(22)19(23)10-15/h2-11H,12H2,1H3,(H,25,27)(H,26,28). The van der Waals surface area contributed by atoms with Gasteiger partial charge < -0.3 is 15.1 Å². The molecule has 2 amide bonds. The zero-order valence-electron chi connectivity index (χ0n) is 15.4. The van der Waals surface area contributed by atoms with E-state index >= 15 is 0 Å². The monoisotopic (exact) mass is 429 g/mol. The summed E-state index contributed by atoms with van der Waals surface area (Å²) < 4.78 is 5.57. The second-order valence-corrected chi connectivity index (χ2v) is 6.98. The summed E-state index contributed by atoms with van der Waals surface area (Å²) in [6.07, 6.45) is 1.52. The number of carbonyl (C=O) groups is 2. The van der Waals surface area contributed by atoms with E-state index in [-0.39, 0.29) is 6.54 Å². The van der Waals surface area contributed by atoms with Crippen LogP contribution in [0.1, 0.15) is 17.1 Å². The zero-order valence-corrected chi connectivity index (χ0v) is 16.9. The second kappa shape index (κ2) is 9.41. The number of halogens is 2. The lowest BCUT2D eigenvalue weighted by molar-refractivity contribution is -0.136. The fraction of sp³-hybridized carbons (Fsp3) is 0.0952. The Balaban J connectivity index is 1.52. The minimum Gasteiger partial charge on any atom is -0.458 e. The van der Waals surface area contributed by atoms with Gasteiger partial charge in [0.25, 0.3) is 0 Å². The first-order valence-electron chi connectivity index (χ1n) is 8.64. The number of hydrogen-bond donors (Lipinski definition) is 2. The molecule has 0 aliphatic heterocycles. The number of aliphatic imine (C=N–C) groups is 1. The molecule has 0 aliphatic rings. The maximum Gasteiger partial charge on any atom is 0.313 e. The van der Waals surface area contributed by atoms with Crippen molar-refractivity contribution in [1.29, 1.82) is 0 Å². The predicted octanol–water partition coefficient (Wildman–Crippen LogP) is 4.90. The van der Waals surface area contributed by atoms with Crippen LogP contribution < -0.4 is 10.6 Å². The predicted molar refractivity (Wildman–Crippen MR) is 114 cm³/mol. The van der Waals surface area contributed by atoms with Gasteiger partial charge in [0, 0.05) is 5.69 Å². The Labute approximate surface area is 177 Å². The summed E-state index contributed by atoms with van der Waals surface area (Å²) in [7, 11) is 0. The molecule has 1 aromatic heterocycles. The Bertz CT molecular complexity index is 1060. The van der Waals surface area contributed by atoms with Gasteiger partial charge in [0.2, 0.25) is 0 Å². The molecule has 0 bridgehead atoms. The van der Waals surface area contributed by atoms with Crippen molar-refractivity contribution < 1.29 is 14.0 Å². The van der Waals surface area contributed by atoms with Gasteiger partial charge in [0.05, 0.1) is 28.5 Å². The number of nitrogens with zero attached hydrogens (tertiary/aromatic N) is 1. The molecule has 0 fully saturated rings. The van der Waals surface area contributed by atoms with Crippen molar-refractivity contribution >= 4 is 52.6 Å². The van der Waals surface area contributed by atoms with Crippen LogP contribution in [0.4, 0.5) is 11.4 Å². The van der Waals surface area contributed by atoms with Crippen LogP contribution in [0.25, 0.3) is 0 Å². The molecule has 2 aromatic carbocycles. The topological polar surface area (TPSA) is 83.7 Å². The van der Waals surface area contributed by atoms with Crippen molar-refractivity contribution in [2.45, 2.75) is 13.5 Å². The highest BCUT2D eigenvalue weighted by molar-refractivity contribution is 6.42. The quantitative estimate of drug-likeness (QED) is 0.446. The van der Waals surface area contributed by atoms with Crippen LogP contribution in [0.5, 0.6) is 0 Å². The number of rotatable bonds is 5. The van der Waals surface area contributed by atoms with E-state index in [0.717, 1.165) is 5.56 Å². The van der Waals surface area contributed by atoms with Gasteiger partial charge >= 0.3 is 11.8 Å². The van der Waals surface area contributed by atoms with Crippen LogP contribution in [-0.2, 0) is 16.1 Å². The van der Waals surface area contributed by atoms with E-state index in [4.69, 9.17) is 27.6 Å². The third-order valence-corrected chi connectivity index (χ3v) is 4.60. The van der Waals surface area contributed by atoms with Gasteiger partial charge in [0.15, 0.2) is 0 Å². The van der Waals surface area contributed by atoms with Gasteiger partial charge in [-0.3, -0.25) is 14.6 Å². The Hall–Kier alpha value is -3.09. The van der Waals surface area contributed by atoms with Gasteiger partial charge in [-0.2, -0.15) is 0 Å². The summed E-state index contributed by atoms with van der Waals surface area (Å²) in [5.74, 6) is -0.531. The maximum absolute atomic E-state index is 12.0. The van der Waals surface area contributed by atoms with Crippen LogP contribution in [0, 0.1) is 6.92 Å². The normalized spacial score (nSPS) is 10.9. The Kier molecular flexibility index (Phi) is 6.69. The molecule has 3 rings (SSSR count). The molecule has 3 aromatic rings. The van der Waals surface area contributed by atoms with E-state index in [0.29, 0.717) is 32.9 Å². The minimum atomic E-state index is -0.756. The van der Waals surface area contributed by atoms with Crippen molar-refractivity contribution in [3.63, 3.8) is 0 Å². The third-order valence-electron chi connectivity index (χ3n) is 3.87. The largest absolute Gasteiger partial charge is 0.458 e. The fourth-order valence-electron chi connectivity index (χ4n) is 2.33. The number of carbonyl (C=O) groups excluding carboxylic acids is 2. The maximum atomic E-state index is 12.0. The molecule has 8 heteroatoms. The molecule has 6 nitrogen and oxygen atoms in total. The molecular formula is C21H17Cl2N3O3. The molecule has 0 unspecified atom stereocenters. The van der Waals surface area contributed by atoms with Crippen LogP contribution in [0.2, 0.25) is 10.0 Å². The van der Waals surface area contributed by atoms with Crippen molar-refractivity contribution in [3.8, 4) is 0 Å². The van der Waals surface area contributed by atoms with Crippen LogP contribution in [0.15, 0.2) is 64.0 Å². The Morgan fingerprint density at radius 1 is 1.00 bits per heavy atom. The van der Waals surface area contributed by atoms with Gasteiger partial charge in [-0.05, 0) is 49.4 Å². The SMILES string of the molecule is Cc1ccc(NC(=O)C(=O)NCc2ccc(C=Nc3ccc(Cl)c(Cl)c3)o2)cc1. The molecule has 0 atom stereocenters. The number of aryl methyl sites for hydroxylation is 1. The molecule has 29 heavy (non-hydrogen) atoms. The number of hydrogen-bond acceptors (Lipinski definition) is 4. The molecule has 0 radical (unpaired) electrons. The smallest absolute Gasteiger partial charge is 0.313 e. The first-order valence-corrected chi connectivity index (χ1v) is 9.40. The molecule has 0 spiro atoms. The van der Waals surface area contributed by atoms with E-state index in [1.165, 1.54) is 6.21 Å². The van der Waals surface area contributed by atoms with Crippen LogP contribution in [0.3, 0.4) is 0 Å². The summed E-state index contributed by atoms with van der Waals surface area (Å²) in [4.78, 5) is 28.1. The zero-order chi connectivity index (χ0) is 20.8. The number of amides is 2. The molecule has 0 saturated carbocycles. The van der Waals surface area contributed by atoms with Crippen LogP contribution in [-0.4, -0.2) is 18.0 Å². The number of nitrogens with one attached hydrogen (secondary N) is 2. The van der Waals surface area contributed by atoms with E-state index in [1.807, 2.05) is 19.1 Å². The lowest BCUT2D eigenvalue weighted by Crippen LogP contribution is -2.34. The van der Waals surface area contributed by atoms with Crippen LogP contribution >= 0.6 is 23.2 Å². The van der Waals surface area contributed by atoms with Crippen molar-refractivity contribution in [3.05, 3.63) is 81.7 Å². The average molecular weight is 430 g/mol. The van der Waals surface area contributed by atoms with Crippen molar-refractivity contribution in [1.82, 2.24) is 5.32 Å². The molecule has 2 N–H and O–H groups in total. The lowest BCUT2D eigenvalue weighted by atomic mass is 10.2. The van der Waals surface area contributed by atoms with E-state index in [2.05, 4.69) is 15.6 Å². The average Bonchev–Trinajstić information content (AvgIpc) is 3.16. The summed E-state index contributed by atoms with van der Waals surface area (Å²) >= 11 is 11.8. The molecular weight excluding hydrogens is 413 g/mol. The third kappa shape index (κ3) is 5.94. The fourth-order valence-corrected chi connectivity index (χ4v) is 2.63. The number of benzene rings is 2. The van der Waals surface area contributed by atoms with Gasteiger partial charge in [0.1, 0.15) is 11.5 Å². The second-order valence-electron chi connectivity index (χ2n) is 6.16. The van der Waals surface area contributed by atoms with Gasteiger partial charge in [-0.25, -0.2) is 0 Å². The highest BCUT2D eigenvalue weighted by Crippen LogP contribution is 2.26. The first kappa shape index (κ1) is 20.6. The molecule has 148 valence electrons. The first-order chi connectivity index (χ1) is 13.9.